The molecule has 1 aliphatic rings. The van der Waals surface area contributed by atoms with E-state index in [-0.39, 0.29) is 6.61 Å². The summed E-state index contributed by atoms with van der Waals surface area (Å²) in [6.07, 6.45) is 2.13. The molecular weight excluding hydrogens is 252 g/mol. The van der Waals surface area contributed by atoms with E-state index in [9.17, 15) is 14.4 Å². The van der Waals surface area contributed by atoms with E-state index in [1.54, 1.807) is 6.92 Å². The number of carbonyl (C=O) groups excluding carboxylic acids is 3. The Morgan fingerprint density at radius 3 is 2.63 bits per heavy atom. The first-order valence-corrected chi connectivity index (χ1v) is 6.33. The molecule has 2 N–H and O–H groups in total. The zero-order valence-corrected chi connectivity index (χ0v) is 11.3. The minimum Gasteiger partial charge on any atom is -0.467 e. The maximum Gasteiger partial charge on any atom is 0.332 e. The van der Waals surface area contributed by atoms with Gasteiger partial charge in [0.1, 0.15) is 6.04 Å². The van der Waals surface area contributed by atoms with Gasteiger partial charge in [0.25, 0.3) is 5.91 Å². The Labute approximate surface area is 112 Å². The summed E-state index contributed by atoms with van der Waals surface area (Å²) < 4.78 is 9.38. The number of rotatable bonds is 4. The first kappa shape index (κ1) is 15.4. The average molecular weight is 272 g/mol. The van der Waals surface area contributed by atoms with Crippen LogP contribution >= 0.6 is 0 Å². The Balaban J connectivity index is 2.76. The van der Waals surface area contributed by atoms with E-state index in [1.165, 1.54) is 12.0 Å². The maximum atomic E-state index is 12.1. The molecule has 0 radical (unpaired) electrons. The Morgan fingerprint density at radius 2 is 2.05 bits per heavy atom. The third-order valence-corrected chi connectivity index (χ3v) is 3.07. The van der Waals surface area contributed by atoms with E-state index >= 15 is 0 Å². The van der Waals surface area contributed by atoms with Gasteiger partial charge < -0.3 is 20.1 Å². The van der Waals surface area contributed by atoms with Crippen LogP contribution in [0.2, 0.25) is 0 Å². The summed E-state index contributed by atoms with van der Waals surface area (Å²) >= 11 is 0. The lowest BCUT2D eigenvalue weighted by atomic mass is 10.0. The predicted molar refractivity (Wildman–Crippen MR) is 66.0 cm³/mol. The number of hydrogen-bond acceptors (Lipinski definition) is 6. The van der Waals surface area contributed by atoms with Crippen LogP contribution in [0.4, 0.5) is 0 Å². The lowest BCUT2D eigenvalue weighted by Crippen LogP contribution is -2.56. The molecule has 0 spiro atoms. The normalized spacial score (nSPS) is 20.6. The van der Waals surface area contributed by atoms with Crippen molar-refractivity contribution in [3.05, 3.63) is 0 Å². The molecule has 1 amide bonds. The van der Waals surface area contributed by atoms with E-state index in [0.717, 1.165) is 12.8 Å². The molecule has 7 heteroatoms. The zero-order valence-electron chi connectivity index (χ0n) is 11.3. The first-order valence-electron chi connectivity index (χ1n) is 6.33. The van der Waals surface area contributed by atoms with Gasteiger partial charge in [0, 0.05) is 6.54 Å². The highest BCUT2D eigenvalue weighted by Gasteiger charge is 2.37. The van der Waals surface area contributed by atoms with Crippen LogP contribution in [0.3, 0.4) is 0 Å². The number of nitrogens with zero attached hydrogens (tertiary/aromatic N) is 1. The molecule has 19 heavy (non-hydrogen) atoms. The van der Waals surface area contributed by atoms with Crippen LogP contribution in [0.5, 0.6) is 0 Å². The van der Waals surface area contributed by atoms with Crippen molar-refractivity contribution in [1.82, 2.24) is 4.90 Å². The summed E-state index contributed by atoms with van der Waals surface area (Å²) in [4.78, 5) is 36.5. The highest BCUT2D eigenvalue weighted by molar-refractivity contribution is 6.02. The molecule has 1 heterocycles. The van der Waals surface area contributed by atoms with E-state index in [0.29, 0.717) is 13.0 Å². The number of esters is 2. The smallest absolute Gasteiger partial charge is 0.332 e. The van der Waals surface area contributed by atoms with Gasteiger partial charge in [0.05, 0.1) is 13.7 Å². The van der Waals surface area contributed by atoms with Gasteiger partial charge in [0.2, 0.25) is 0 Å². The number of methoxy groups -OCH3 is 1. The fourth-order valence-electron chi connectivity index (χ4n) is 2.09. The van der Waals surface area contributed by atoms with E-state index in [1.807, 2.05) is 0 Å². The van der Waals surface area contributed by atoms with Crippen molar-refractivity contribution >= 4 is 17.8 Å². The van der Waals surface area contributed by atoms with Gasteiger partial charge in [-0.2, -0.15) is 0 Å². The molecule has 0 aliphatic carbocycles. The second-order valence-corrected chi connectivity index (χ2v) is 4.30. The van der Waals surface area contributed by atoms with Gasteiger partial charge in [-0.05, 0) is 26.2 Å². The summed E-state index contributed by atoms with van der Waals surface area (Å²) in [5.74, 6) is -1.85. The molecule has 1 saturated heterocycles. The average Bonchev–Trinajstić information content (AvgIpc) is 2.45. The molecule has 1 aliphatic heterocycles. The van der Waals surface area contributed by atoms with Crippen LogP contribution in [0, 0.1) is 0 Å². The second-order valence-electron chi connectivity index (χ2n) is 4.30. The molecule has 2 unspecified atom stereocenters. The highest BCUT2D eigenvalue weighted by Crippen LogP contribution is 2.19. The number of likely N-dealkylation sites (tertiary alicyclic amines) is 1. The molecule has 0 saturated carbocycles. The molecule has 108 valence electrons. The summed E-state index contributed by atoms with van der Waals surface area (Å²) in [6.45, 7) is 2.18. The third kappa shape index (κ3) is 3.66. The van der Waals surface area contributed by atoms with Crippen LogP contribution in [-0.2, 0) is 23.9 Å². The van der Waals surface area contributed by atoms with Crippen LogP contribution in [0.15, 0.2) is 0 Å². The molecule has 1 fully saturated rings. The van der Waals surface area contributed by atoms with E-state index < -0.39 is 29.9 Å². The topological polar surface area (TPSA) is 98.9 Å². The van der Waals surface area contributed by atoms with Crippen LogP contribution < -0.4 is 5.73 Å². The lowest BCUT2D eigenvalue weighted by molar-refractivity contribution is -0.159. The molecule has 1 rings (SSSR count). The Bertz CT molecular complexity index is 358. The summed E-state index contributed by atoms with van der Waals surface area (Å²) in [5, 5.41) is 0. The van der Waals surface area contributed by atoms with Gasteiger partial charge >= 0.3 is 11.9 Å². The number of hydrogen-bond donors (Lipinski definition) is 1. The largest absolute Gasteiger partial charge is 0.467 e. The monoisotopic (exact) mass is 272 g/mol. The summed E-state index contributed by atoms with van der Waals surface area (Å²) in [6, 6.07) is -2.04. The summed E-state index contributed by atoms with van der Waals surface area (Å²) in [5.41, 5.74) is 5.56. The van der Waals surface area contributed by atoms with Crippen molar-refractivity contribution in [3.8, 4) is 0 Å². The first-order chi connectivity index (χ1) is 9.02. The molecule has 0 aromatic carbocycles. The lowest BCUT2D eigenvalue weighted by Gasteiger charge is -2.34. The van der Waals surface area contributed by atoms with Crippen molar-refractivity contribution in [2.75, 3.05) is 20.3 Å². The molecule has 0 aromatic rings. The van der Waals surface area contributed by atoms with Gasteiger partial charge in [-0.1, -0.05) is 0 Å². The van der Waals surface area contributed by atoms with Gasteiger partial charge in [-0.15, -0.1) is 0 Å². The Hall–Kier alpha value is -1.63. The van der Waals surface area contributed by atoms with E-state index in [4.69, 9.17) is 10.5 Å². The molecule has 0 aromatic heterocycles. The molecule has 2 atom stereocenters. The SMILES string of the molecule is CCOC(=O)C(N)C(=O)N1CCCCC1C(=O)OC. The zero-order chi connectivity index (χ0) is 14.4. The molecule has 7 nitrogen and oxygen atoms in total. The Morgan fingerprint density at radius 1 is 1.37 bits per heavy atom. The fourth-order valence-corrected chi connectivity index (χ4v) is 2.09. The third-order valence-electron chi connectivity index (χ3n) is 3.07. The summed E-state index contributed by atoms with van der Waals surface area (Å²) in [7, 11) is 1.27. The van der Waals surface area contributed by atoms with Crippen molar-refractivity contribution < 1.29 is 23.9 Å². The number of amides is 1. The van der Waals surface area contributed by atoms with E-state index in [2.05, 4.69) is 4.74 Å². The van der Waals surface area contributed by atoms with Gasteiger partial charge in [-0.3, -0.25) is 4.79 Å². The highest BCUT2D eigenvalue weighted by atomic mass is 16.5. The van der Waals surface area contributed by atoms with Crippen molar-refractivity contribution in [2.45, 2.75) is 38.3 Å². The number of nitrogens with two attached hydrogens (primary N) is 1. The van der Waals surface area contributed by atoms with Crippen LogP contribution in [0.1, 0.15) is 26.2 Å². The van der Waals surface area contributed by atoms with Gasteiger partial charge in [-0.25, -0.2) is 9.59 Å². The second kappa shape index (κ2) is 7.08. The van der Waals surface area contributed by atoms with Crippen molar-refractivity contribution in [3.63, 3.8) is 0 Å². The minimum absolute atomic E-state index is 0.153. The van der Waals surface area contributed by atoms with Gasteiger partial charge in [0.15, 0.2) is 6.04 Å². The number of carbonyl (C=O) groups is 3. The molecular formula is C12H20N2O5. The number of piperidine rings is 1. The maximum absolute atomic E-state index is 12.1. The standard InChI is InChI=1S/C12H20N2O5/c1-3-19-12(17)9(13)10(15)14-7-5-4-6-8(14)11(16)18-2/h8-9H,3-7,13H2,1-2H3. The predicted octanol–water partition coefficient (Wildman–Crippen LogP) is -0.569. The minimum atomic E-state index is -1.38. The molecule has 0 bridgehead atoms. The van der Waals surface area contributed by atoms with Crippen molar-refractivity contribution in [1.29, 1.82) is 0 Å². The van der Waals surface area contributed by atoms with Crippen LogP contribution in [0.25, 0.3) is 0 Å². The van der Waals surface area contributed by atoms with Crippen LogP contribution in [-0.4, -0.2) is 55.1 Å². The Kier molecular flexibility index (Phi) is 5.75. The number of ether oxygens (including phenoxy) is 2. The van der Waals surface area contributed by atoms with Crippen molar-refractivity contribution in [2.24, 2.45) is 5.73 Å². The quantitative estimate of drug-likeness (QED) is 0.543. The fraction of sp³-hybridized carbons (Fsp3) is 0.750.